The van der Waals surface area contributed by atoms with Crippen LogP contribution in [0.1, 0.15) is 52.3 Å². The lowest BCUT2D eigenvalue weighted by molar-refractivity contribution is 0.0339. The predicted octanol–water partition coefficient (Wildman–Crippen LogP) is 2.48. The van der Waals surface area contributed by atoms with E-state index in [4.69, 9.17) is 4.74 Å². The molecule has 0 aromatic carbocycles. The summed E-state index contributed by atoms with van der Waals surface area (Å²) in [6.07, 6.45) is 3.28. The SMILES string of the molecule is CCCC(C)(O)c1c(OC)cnn1C(C)C. The molecule has 0 amide bonds. The highest BCUT2D eigenvalue weighted by molar-refractivity contribution is 5.30. The summed E-state index contributed by atoms with van der Waals surface area (Å²) in [6.45, 7) is 7.95. The van der Waals surface area contributed by atoms with E-state index in [0.717, 1.165) is 12.1 Å². The number of hydrogen-bond acceptors (Lipinski definition) is 3. The molecule has 0 radical (unpaired) electrons. The Balaban J connectivity index is 3.22. The van der Waals surface area contributed by atoms with Crippen molar-refractivity contribution in [3.8, 4) is 5.75 Å². The second-order valence-corrected chi connectivity index (χ2v) is 4.62. The molecule has 0 spiro atoms. The molecule has 0 bridgehead atoms. The van der Waals surface area contributed by atoms with E-state index in [1.54, 1.807) is 13.3 Å². The van der Waals surface area contributed by atoms with Gasteiger partial charge in [-0.3, -0.25) is 4.68 Å². The summed E-state index contributed by atoms with van der Waals surface area (Å²) >= 11 is 0. The number of rotatable bonds is 5. The van der Waals surface area contributed by atoms with Gasteiger partial charge in [-0.25, -0.2) is 0 Å². The van der Waals surface area contributed by atoms with Gasteiger partial charge in [0.05, 0.1) is 13.3 Å². The van der Waals surface area contributed by atoms with Crippen LogP contribution in [0.15, 0.2) is 6.20 Å². The average molecular weight is 226 g/mol. The van der Waals surface area contributed by atoms with Crippen LogP contribution in [-0.2, 0) is 5.60 Å². The van der Waals surface area contributed by atoms with Crippen molar-refractivity contribution in [2.45, 2.75) is 52.2 Å². The standard InChI is InChI=1S/C12H22N2O2/c1-6-7-12(4,15)11-10(16-5)8-13-14(11)9(2)3/h8-9,15H,6-7H2,1-5H3. The molecule has 1 rings (SSSR count). The molecule has 1 atom stereocenters. The molecule has 1 heterocycles. The van der Waals surface area contributed by atoms with Crippen molar-refractivity contribution in [2.24, 2.45) is 0 Å². The minimum atomic E-state index is -0.888. The highest BCUT2D eigenvalue weighted by Gasteiger charge is 2.31. The average Bonchev–Trinajstić information content (AvgIpc) is 2.61. The molecule has 0 fully saturated rings. The maximum Gasteiger partial charge on any atom is 0.162 e. The molecule has 1 aromatic rings. The van der Waals surface area contributed by atoms with Gasteiger partial charge in [-0.05, 0) is 27.2 Å². The highest BCUT2D eigenvalue weighted by atomic mass is 16.5. The van der Waals surface area contributed by atoms with Crippen molar-refractivity contribution in [3.05, 3.63) is 11.9 Å². The van der Waals surface area contributed by atoms with Gasteiger partial charge >= 0.3 is 0 Å². The second kappa shape index (κ2) is 4.87. The third-order valence-corrected chi connectivity index (χ3v) is 2.72. The van der Waals surface area contributed by atoms with E-state index in [0.29, 0.717) is 12.2 Å². The van der Waals surface area contributed by atoms with E-state index < -0.39 is 5.60 Å². The molecule has 0 aliphatic rings. The Morgan fingerprint density at radius 1 is 1.56 bits per heavy atom. The van der Waals surface area contributed by atoms with E-state index in [9.17, 15) is 5.11 Å². The van der Waals surface area contributed by atoms with Gasteiger partial charge < -0.3 is 9.84 Å². The van der Waals surface area contributed by atoms with Crippen LogP contribution < -0.4 is 4.74 Å². The zero-order valence-corrected chi connectivity index (χ0v) is 10.8. The predicted molar refractivity (Wildman–Crippen MR) is 63.6 cm³/mol. The summed E-state index contributed by atoms with van der Waals surface area (Å²) < 4.78 is 7.09. The van der Waals surface area contributed by atoms with Crippen LogP contribution >= 0.6 is 0 Å². The minimum Gasteiger partial charge on any atom is -0.493 e. The van der Waals surface area contributed by atoms with Crippen molar-refractivity contribution in [2.75, 3.05) is 7.11 Å². The second-order valence-electron chi connectivity index (χ2n) is 4.62. The summed E-state index contributed by atoms with van der Waals surface area (Å²) in [6, 6.07) is 0.210. The Morgan fingerprint density at radius 2 is 2.19 bits per heavy atom. The quantitative estimate of drug-likeness (QED) is 0.839. The first-order valence-corrected chi connectivity index (χ1v) is 5.78. The molecule has 1 N–H and O–H groups in total. The van der Waals surface area contributed by atoms with Gasteiger partial charge in [0.2, 0.25) is 0 Å². The Bertz CT molecular complexity index is 343. The van der Waals surface area contributed by atoms with E-state index >= 15 is 0 Å². The van der Waals surface area contributed by atoms with Crippen LogP contribution in [-0.4, -0.2) is 22.0 Å². The Labute approximate surface area is 97.2 Å². The van der Waals surface area contributed by atoms with Gasteiger partial charge in [0.1, 0.15) is 11.3 Å². The van der Waals surface area contributed by atoms with Crippen LogP contribution in [0, 0.1) is 0 Å². The normalized spacial score (nSPS) is 15.2. The first-order valence-electron chi connectivity index (χ1n) is 5.78. The van der Waals surface area contributed by atoms with E-state index in [1.165, 1.54) is 0 Å². The molecule has 92 valence electrons. The van der Waals surface area contributed by atoms with Crippen LogP contribution in [0.2, 0.25) is 0 Å². The van der Waals surface area contributed by atoms with Gasteiger partial charge in [-0.2, -0.15) is 5.10 Å². The minimum absolute atomic E-state index is 0.210. The van der Waals surface area contributed by atoms with Gasteiger partial charge in [0.15, 0.2) is 5.75 Å². The molecule has 0 saturated heterocycles. The van der Waals surface area contributed by atoms with Crippen molar-refractivity contribution in [3.63, 3.8) is 0 Å². The molecule has 0 aliphatic carbocycles. The number of ether oxygens (including phenoxy) is 1. The number of aromatic nitrogens is 2. The third kappa shape index (κ3) is 2.38. The van der Waals surface area contributed by atoms with Crippen LogP contribution in [0.5, 0.6) is 5.75 Å². The molecule has 1 unspecified atom stereocenters. The smallest absolute Gasteiger partial charge is 0.162 e. The van der Waals surface area contributed by atoms with Gasteiger partial charge in [0.25, 0.3) is 0 Å². The molecule has 4 heteroatoms. The number of nitrogens with zero attached hydrogens (tertiary/aromatic N) is 2. The van der Waals surface area contributed by atoms with Gasteiger partial charge in [-0.1, -0.05) is 13.3 Å². The first-order chi connectivity index (χ1) is 7.44. The number of aliphatic hydroxyl groups is 1. The molecule has 4 nitrogen and oxygen atoms in total. The van der Waals surface area contributed by atoms with Crippen molar-refractivity contribution in [1.82, 2.24) is 9.78 Å². The summed E-state index contributed by atoms with van der Waals surface area (Å²) in [4.78, 5) is 0. The number of methoxy groups -OCH3 is 1. The molecule has 0 saturated carbocycles. The maximum absolute atomic E-state index is 10.5. The maximum atomic E-state index is 10.5. The zero-order chi connectivity index (χ0) is 12.3. The van der Waals surface area contributed by atoms with E-state index in [2.05, 4.69) is 12.0 Å². The zero-order valence-electron chi connectivity index (χ0n) is 10.8. The molecular weight excluding hydrogens is 204 g/mol. The summed E-state index contributed by atoms with van der Waals surface area (Å²) in [5, 5.41) is 14.7. The fraction of sp³-hybridized carbons (Fsp3) is 0.750. The Morgan fingerprint density at radius 3 is 2.62 bits per heavy atom. The lowest BCUT2D eigenvalue weighted by Gasteiger charge is -2.26. The van der Waals surface area contributed by atoms with Crippen molar-refractivity contribution >= 4 is 0 Å². The summed E-state index contributed by atoms with van der Waals surface area (Å²) in [5.41, 5.74) is -0.118. The fourth-order valence-electron chi connectivity index (χ4n) is 2.00. The monoisotopic (exact) mass is 226 g/mol. The Hall–Kier alpha value is -1.03. The van der Waals surface area contributed by atoms with Crippen LogP contribution in [0.25, 0.3) is 0 Å². The molecular formula is C12H22N2O2. The van der Waals surface area contributed by atoms with Gasteiger partial charge in [0, 0.05) is 6.04 Å². The molecule has 1 aromatic heterocycles. The lowest BCUT2D eigenvalue weighted by Crippen LogP contribution is -2.26. The van der Waals surface area contributed by atoms with E-state index in [1.807, 2.05) is 25.5 Å². The summed E-state index contributed by atoms with van der Waals surface area (Å²) in [5.74, 6) is 0.659. The lowest BCUT2D eigenvalue weighted by atomic mass is 9.95. The van der Waals surface area contributed by atoms with Crippen molar-refractivity contribution < 1.29 is 9.84 Å². The summed E-state index contributed by atoms with van der Waals surface area (Å²) in [7, 11) is 1.60. The first kappa shape index (κ1) is 13.0. The van der Waals surface area contributed by atoms with E-state index in [-0.39, 0.29) is 6.04 Å². The fourth-order valence-corrected chi connectivity index (χ4v) is 2.00. The van der Waals surface area contributed by atoms with Crippen molar-refractivity contribution in [1.29, 1.82) is 0 Å². The number of hydrogen-bond donors (Lipinski definition) is 1. The largest absolute Gasteiger partial charge is 0.493 e. The highest BCUT2D eigenvalue weighted by Crippen LogP contribution is 2.34. The Kier molecular flexibility index (Phi) is 3.97. The third-order valence-electron chi connectivity index (χ3n) is 2.72. The van der Waals surface area contributed by atoms with Gasteiger partial charge in [-0.15, -0.1) is 0 Å². The molecule has 16 heavy (non-hydrogen) atoms. The molecule has 0 aliphatic heterocycles. The van der Waals surface area contributed by atoms with Crippen LogP contribution in [0.4, 0.5) is 0 Å². The topological polar surface area (TPSA) is 47.3 Å². The van der Waals surface area contributed by atoms with Crippen LogP contribution in [0.3, 0.4) is 0 Å².